The molecule has 2 rings (SSSR count). The summed E-state index contributed by atoms with van der Waals surface area (Å²) in [7, 11) is 0. The van der Waals surface area contributed by atoms with Gasteiger partial charge in [0.2, 0.25) is 5.91 Å². The summed E-state index contributed by atoms with van der Waals surface area (Å²) in [6.07, 6.45) is 1.36. The molecular weight excluding hydrogens is 296 g/mol. The van der Waals surface area contributed by atoms with Crippen molar-refractivity contribution in [2.24, 2.45) is 0 Å². The molecule has 112 valence electrons. The van der Waals surface area contributed by atoms with Gasteiger partial charge in [0, 0.05) is 4.88 Å². The summed E-state index contributed by atoms with van der Waals surface area (Å²) in [6, 6.07) is 4.82. The van der Waals surface area contributed by atoms with Crippen LogP contribution in [0.2, 0.25) is 0 Å². The molecule has 0 aliphatic carbocycles. The van der Waals surface area contributed by atoms with Gasteiger partial charge in [0.05, 0.1) is 23.9 Å². The number of nitro groups is 1. The van der Waals surface area contributed by atoms with Crippen molar-refractivity contribution in [2.75, 3.05) is 6.54 Å². The van der Waals surface area contributed by atoms with E-state index in [9.17, 15) is 20.0 Å². The first-order valence-corrected chi connectivity index (χ1v) is 6.97. The zero-order valence-electron chi connectivity index (χ0n) is 11.2. The number of nitrogens with one attached hydrogen (secondary N) is 1. The molecule has 1 amide bonds. The Balaban J connectivity index is 1.88. The van der Waals surface area contributed by atoms with E-state index in [-0.39, 0.29) is 24.8 Å². The van der Waals surface area contributed by atoms with E-state index in [1.807, 2.05) is 11.4 Å². The third kappa shape index (κ3) is 3.86. The maximum Gasteiger partial charge on any atom is 0.389 e. The number of rotatable bonds is 6. The molecule has 21 heavy (non-hydrogen) atoms. The minimum Gasteiger partial charge on any atom is -0.383 e. The van der Waals surface area contributed by atoms with Crippen LogP contribution in [0.4, 0.5) is 5.82 Å². The molecule has 0 aromatic carbocycles. The number of hydrogen-bond donors (Lipinski definition) is 2. The highest BCUT2D eigenvalue weighted by Crippen LogP contribution is 2.24. The van der Waals surface area contributed by atoms with E-state index in [1.54, 1.807) is 13.0 Å². The summed E-state index contributed by atoms with van der Waals surface area (Å²) in [5.41, 5.74) is -1.15. The monoisotopic (exact) mass is 310 g/mol. The Morgan fingerprint density at radius 3 is 2.95 bits per heavy atom. The number of carbonyl (C=O) groups is 1. The minimum absolute atomic E-state index is 0.0513. The lowest BCUT2D eigenvalue weighted by atomic mass is 10.1. The van der Waals surface area contributed by atoms with Crippen molar-refractivity contribution in [2.45, 2.75) is 19.1 Å². The number of aromatic nitrogens is 2. The lowest BCUT2D eigenvalue weighted by molar-refractivity contribution is -0.389. The fraction of sp³-hybridized carbons (Fsp3) is 0.333. The van der Waals surface area contributed by atoms with Gasteiger partial charge in [-0.05, 0) is 23.3 Å². The van der Waals surface area contributed by atoms with Gasteiger partial charge in [-0.3, -0.25) is 4.79 Å². The molecule has 0 bridgehead atoms. The van der Waals surface area contributed by atoms with Crippen molar-refractivity contribution < 1.29 is 14.8 Å². The molecule has 0 fully saturated rings. The molecule has 0 spiro atoms. The molecule has 2 aromatic rings. The second-order valence-corrected chi connectivity index (χ2v) is 5.60. The predicted molar refractivity (Wildman–Crippen MR) is 75.8 cm³/mol. The maximum absolute atomic E-state index is 11.8. The fourth-order valence-corrected chi connectivity index (χ4v) is 2.47. The van der Waals surface area contributed by atoms with Crippen LogP contribution < -0.4 is 5.32 Å². The van der Waals surface area contributed by atoms with Crippen molar-refractivity contribution >= 4 is 23.1 Å². The minimum atomic E-state index is -1.15. The number of aliphatic hydroxyl groups is 1. The summed E-state index contributed by atoms with van der Waals surface area (Å²) >= 11 is 1.40. The Kier molecular flexibility index (Phi) is 4.34. The number of hydrogen-bond acceptors (Lipinski definition) is 6. The van der Waals surface area contributed by atoms with E-state index in [2.05, 4.69) is 10.4 Å². The van der Waals surface area contributed by atoms with Gasteiger partial charge in [0.25, 0.3) is 0 Å². The smallest absolute Gasteiger partial charge is 0.383 e. The van der Waals surface area contributed by atoms with E-state index < -0.39 is 10.5 Å². The highest BCUT2D eigenvalue weighted by Gasteiger charge is 2.25. The molecule has 0 aliphatic rings. The average Bonchev–Trinajstić information content (AvgIpc) is 3.07. The van der Waals surface area contributed by atoms with Crippen LogP contribution in [0, 0.1) is 10.1 Å². The average molecular weight is 310 g/mol. The second-order valence-electron chi connectivity index (χ2n) is 4.66. The molecule has 1 atom stereocenters. The van der Waals surface area contributed by atoms with Crippen molar-refractivity contribution in [3.05, 3.63) is 44.8 Å². The zero-order valence-corrected chi connectivity index (χ0v) is 12.0. The molecule has 0 saturated carbocycles. The summed E-state index contributed by atoms with van der Waals surface area (Å²) in [5, 5.41) is 28.8. The molecule has 1 unspecified atom stereocenters. The van der Waals surface area contributed by atoms with Crippen LogP contribution in [0.25, 0.3) is 0 Å². The van der Waals surface area contributed by atoms with Gasteiger partial charge in [0.15, 0.2) is 0 Å². The van der Waals surface area contributed by atoms with Crippen LogP contribution in [0.15, 0.2) is 29.8 Å². The van der Waals surface area contributed by atoms with Crippen LogP contribution >= 0.6 is 11.3 Å². The fourth-order valence-electron chi connectivity index (χ4n) is 1.68. The zero-order chi connectivity index (χ0) is 15.5. The van der Waals surface area contributed by atoms with Gasteiger partial charge in [-0.25, -0.2) is 0 Å². The lowest BCUT2D eigenvalue weighted by Gasteiger charge is -2.22. The van der Waals surface area contributed by atoms with E-state index in [0.717, 1.165) is 4.88 Å². The Morgan fingerprint density at radius 2 is 2.38 bits per heavy atom. The molecule has 0 radical (unpaired) electrons. The van der Waals surface area contributed by atoms with Crippen molar-refractivity contribution in [1.82, 2.24) is 15.1 Å². The summed E-state index contributed by atoms with van der Waals surface area (Å²) in [5.74, 6) is -0.696. The summed E-state index contributed by atoms with van der Waals surface area (Å²) < 4.78 is 1.17. The maximum atomic E-state index is 11.8. The van der Waals surface area contributed by atoms with Gasteiger partial charge in [-0.15, -0.1) is 11.3 Å². The largest absolute Gasteiger partial charge is 0.389 e. The Hall–Kier alpha value is -2.26. The molecular formula is C12H14N4O4S. The van der Waals surface area contributed by atoms with Crippen molar-refractivity contribution in [3.8, 4) is 0 Å². The number of amides is 1. The van der Waals surface area contributed by atoms with Crippen molar-refractivity contribution in [3.63, 3.8) is 0 Å². The Labute approximate surface area is 124 Å². The molecule has 2 aromatic heterocycles. The van der Waals surface area contributed by atoms with Gasteiger partial charge in [0.1, 0.15) is 12.1 Å². The van der Waals surface area contributed by atoms with Gasteiger partial charge in [-0.1, -0.05) is 6.07 Å². The van der Waals surface area contributed by atoms with Crippen LogP contribution in [0.3, 0.4) is 0 Å². The summed E-state index contributed by atoms with van der Waals surface area (Å²) in [4.78, 5) is 22.4. The third-order valence-electron chi connectivity index (χ3n) is 2.80. The summed E-state index contributed by atoms with van der Waals surface area (Å²) in [6.45, 7) is 1.52. The van der Waals surface area contributed by atoms with Crippen molar-refractivity contribution in [1.29, 1.82) is 0 Å². The standard InChI is InChI=1S/C12H14N4O4S/c1-12(18,9-3-2-6-21-9)8-13-11(17)7-15-5-4-10(14-15)16(19)20/h2-6,18H,7-8H2,1H3,(H,13,17). The van der Waals surface area contributed by atoms with Crippen LogP contribution in [-0.2, 0) is 16.9 Å². The molecule has 9 heteroatoms. The quantitative estimate of drug-likeness (QED) is 0.608. The van der Waals surface area contributed by atoms with E-state index in [4.69, 9.17) is 0 Å². The van der Waals surface area contributed by atoms with Crippen LogP contribution in [0.1, 0.15) is 11.8 Å². The van der Waals surface area contributed by atoms with Gasteiger partial charge >= 0.3 is 5.82 Å². The number of carbonyl (C=O) groups excluding carboxylic acids is 1. The predicted octanol–water partition coefficient (Wildman–Crippen LogP) is 0.877. The Bertz CT molecular complexity index is 635. The van der Waals surface area contributed by atoms with E-state index in [0.29, 0.717) is 0 Å². The third-order valence-corrected chi connectivity index (χ3v) is 3.92. The van der Waals surface area contributed by atoms with Crippen LogP contribution in [0.5, 0.6) is 0 Å². The van der Waals surface area contributed by atoms with Crippen LogP contribution in [-0.4, -0.2) is 32.3 Å². The van der Waals surface area contributed by atoms with E-state index >= 15 is 0 Å². The topological polar surface area (TPSA) is 110 Å². The molecule has 2 N–H and O–H groups in total. The molecule has 2 heterocycles. The second kappa shape index (κ2) is 6.02. The highest BCUT2D eigenvalue weighted by molar-refractivity contribution is 7.10. The first-order chi connectivity index (χ1) is 9.88. The molecule has 0 aliphatic heterocycles. The Morgan fingerprint density at radius 1 is 1.62 bits per heavy atom. The SMILES string of the molecule is CC(O)(CNC(=O)Cn1ccc([N+](=O)[O-])n1)c1cccs1. The van der Waals surface area contributed by atoms with Gasteiger partial charge < -0.3 is 20.5 Å². The molecule has 0 saturated heterocycles. The van der Waals surface area contributed by atoms with E-state index in [1.165, 1.54) is 28.3 Å². The number of thiophene rings is 1. The lowest BCUT2D eigenvalue weighted by Crippen LogP contribution is -2.39. The highest BCUT2D eigenvalue weighted by atomic mass is 32.1. The first-order valence-electron chi connectivity index (χ1n) is 6.09. The number of nitrogens with zero attached hydrogens (tertiary/aromatic N) is 3. The normalized spacial score (nSPS) is 13.6. The van der Waals surface area contributed by atoms with Gasteiger partial charge in [-0.2, -0.15) is 4.68 Å². The first kappa shape index (κ1) is 15.1. The molecule has 8 nitrogen and oxygen atoms in total.